The number of phenolic OH excluding ortho intramolecular Hbond substituents is 2. The number of benzene rings is 2. The first-order valence-corrected chi connectivity index (χ1v) is 17.0. The Morgan fingerprint density at radius 3 is 1.57 bits per heavy atom. The van der Waals surface area contributed by atoms with Gasteiger partial charge in [-0.1, -0.05) is 12.1 Å². The molecule has 11 nitrogen and oxygen atoms in total. The van der Waals surface area contributed by atoms with Crippen LogP contribution in [-0.4, -0.2) is 128 Å². The van der Waals surface area contributed by atoms with Crippen LogP contribution in [-0.2, 0) is 13.1 Å². The summed E-state index contributed by atoms with van der Waals surface area (Å²) in [4.78, 5) is 8.30. The molecule has 0 spiro atoms. The van der Waals surface area contributed by atoms with Crippen molar-refractivity contribution < 1.29 is 30.6 Å². The summed E-state index contributed by atoms with van der Waals surface area (Å²) in [6.45, 7) is 11.3. The highest BCUT2D eigenvalue weighted by molar-refractivity contribution is 5.64. The number of nitrogens with zero attached hydrogens (tertiary/aromatic N) is 4. The van der Waals surface area contributed by atoms with Crippen LogP contribution in [0.4, 0.5) is 0 Å². The van der Waals surface area contributed by atoms with Gasteiger partial charge in [-0.3, -0.25) is 9.80 Å². The predicted molar refractivity (Wildman–Crippen MR) is 183 cm³/mol. The van der Waals surface area contributed by atoms with Gasteiger partial charge in [0.15, 0.2) is 0 Å². The van der Waals surface area contributed by atoms with Crippen LogP contribution in [0.3, 0.4) is 0 Å². The van der Waals surface area contributed by atoms with Crippen molar-refractivity contribution in [1.29, 1.82) is 0 Å². The van der Waals surface area contributed by atoms with Crippen molar-refractivity contribution in [2.45, 2.75) is 65.1 Å². The van der Waals surface area contributed by atoms with Gasteiger partial charge in [-0.2, -0.15) is 0 Å². The fourth-order valence-corrected chi connectivity index (χ4v) is 6.85. The van der Waals surface area contributed by atoms with Gasteiger partial charge in [-0.15, -0.1) is 0 Å². The zero-order chi connectivity index (χ0) is 33.5. The van der Waals surface area contributed by atoms with Crippen molar-refractivity contribution in [1.82, 2.24) is 24.9 Å². The predicted octanol–water partition coefficient (Wildman–Crippen LogP) is 2.12. The lowest BCUT2D eigenvalue weighted by molar-refractivity contribution is -0.0374. The first kappa shape index (κ1) is 35.2. The van der Waals surface area contributed by atoms with Gasteiger partial charge in [0.05, 0.1) is 13.2 Å². The molecule has 3 aliphatic rings. The molecule has 3 saturated heterocycles. The number of aliphatic hydroxyl groups is 4. The minimum atomic E-state index is -0.924. The van der Waals surface area contributed by atoms with Crippen LogP contribution in [0, 0.1) is 13.8 Å². The molecular weight excluding hydrogens is 598 g/mol. The maximum absolute atomic E-state index is 11.3. The lowest BCUT2D eigenvalue weighted by Gasteiger charge is -2.39. The number of hydrogen-bond donors (Lipinski definition) is 7. The second-order valence-corrected chi connectivity index (χ2v) is 13.2. The number of likely N-dealkylation sites (tertiary alicyclic amines) is 2. The van der Waals surface area contributed by atoms with Gasteiger partial charge in [-0.25, -0.2) is 0 Å². The highest BCUT2D eigenvalue weighted by Gasteiger charge is 2.27. The summed E-state index contributed by atoms with van der Waals surface area (Å²) in [5.41, 5.74) is 7.16. The molecule has 5 rings (SSSR count). The summed E-state index contributed by atoms with van der Waals surface area (Å²) >= 11 is 0. The first-order valence-electron chi connectivity index (χ1n) is 17.0. The van der Waals surface area contributed by atoms with Crippen molar-refractivity contribution in [3.05, 3.63) is 69.0 Å². The van der Waals surface area contributed by atoms with Crippen LogP contribution < -0.4 is 5.32 Å². The molecule has 3 aliphatic heterocycles. The Bertz CT molecular complexity index is 1330. The van der Waals surface area contributed by atoms with Gasteiger partial charge in [0, 0.05) is 85.8 Å². The van der Waals surface area contributed by atoms with Gasteiger partial charge in [0.25, 0.3) is 0 Å². The fraction of sp³-hybridized carbons (Fsp3) is 0.556. The Balaban J connectivity index is 1.26. The van der Waals surface area contributed by atoms with Gasteiger partial charge in [0.2, 0.25) is 0 Å². The zero-order valence-electron chi connectivity index (χ0n) is 27.9. The van der Waals surface area contributed by atoms with Crippen LogP contribution >= 0.6 is 0 Å². The minimum Gasteiger partial charge on any atom is -0.507 e. The van der Waals surface area contributed by atoms with E-state index in [1.165, 1.54) is 0 Å². The molecule has 2 unspecified atom stereocenters. The SMILES string of the molecule is Cc1cc(C=C2CCN2C(O)CO)c(O)c(CN2CCCNCCN(Cc3cc(C)cc(C=C4CCN4C(O)CO)c3O)CCC2)c1. The fourth-order valence-electron chi connectivity index (χ4n) is 6.85. The van der Waals surface area contributed by atoms with E-state index in [-0.39, 0.29) is 24.7 Å². The van der Waals surface area contributed by atoms with E-state index >= 15 is 0 Å². The van der Waals surface area contributed by atoms with Crippen LogP contribution in [0.25, 0.3) is 12.2 Å². The van der Waals surface area contributed by atoms with E-state index in [0.29, 0.717) is 26.2 Å². The Kier molecular flexibility index (Phi) is 12.2. The van der Waals surface area contributed by atoms with Crippen molar-refractivity contribution in [2.24, 2.45) is 0 Å². The maximum atomic E-state index is 11.3. The van der Waals surface area contributed by atoms with E-state index < -0.39 is 12.5 Å². The zero-order valence-corrected chi connectivity index (χ0v) is 27.9. The Labute approximate surface area is 278 Å². The minimum absolute atomic E-state index is 0.258. The molecule has 258 valence electrons. The largest absolute Gasteiger partial charge is 0.507 e. The monoisotopic (exact) mass is 651 g/mol. The van der Waals surface area contributed by atoms with E-state index in [0.717, 1.165) is 110 Å². The summed E-state index contributed by atoms with van der Waals surface area (Å²) in [5, 5.41) is 65.0. The van der Waals surface area contributed by atoms with Gasteiger partial charge < -0.3 is 45.8 Å². The quantitative estimate of drug-likeness (QED) is 0.203. The molecule has 0 aliphatic carbocycles. The molecule has 2 atom stereocenters. The summed E-state index contributed by atoms with van der Waals surface area (Å²) in [5.74, 6) is 0.521. The average molecular weight is 652 g/mol. The smallest absolute Gasteiger partial charge is 0.150 e. The number of aliphatic hydroxyl groups excluding tert-OH is 4. The molecule has 2 aromatic rings. The number of aryl methyl sites for hydroxylation is 2. The highest BCUT2D eigenvalue weighted by atomic mass is 16.3. The number of hydrogen-bond acceptors (Lipinski definition) is 11. The van der Waals surface area contributed by atoms with Crippen molar-refractivity contribution in [3.63, 3.8) is 0 Å². The summed E-state index contributed by atoms with van der Waals surface area (Å²) < 4.78 is 0. The van der Waals surface area contributed by atoms with Crippen molar-refractivity contribution >= 4 is 12.2 Å². The third-order valence-corrected chi connectivity index (χ3v) is 9.54. The molecule has 3 heterocycles. The van der Waals surface area contributed by atoms with Crippen LogP contribution in [0.5, 0.6) is 11.5 Å². The Morgan fingerprint density at radius 2 is 1.13 bits per heavy atom. The normalized spacial score (nSPS) is 21.7. The van der Waals surface area contributed by atoms with Gasteiger partial charge >= 0.3 is 0 Å². The Hall–Kier alpha value is -3.16. The second-order valence-electron chi connectivity index (χ2n) is 13.2. The lowest BCUT2D eigenvalue weighted by atomic mass is 10.00. The lowest BCUT2D eigenvalue weighted by Crippen LogP contribution is -2.44. The van der Waals surface area contributed by atoms with Gasteiger partial charge in [0.1, 0.15) is 24.0 Å². The van der Waals surface area contributed by atoms with Crippen LogP contribution in [0.1, 0.15) is 59.1 Å². The molecule has 0 aromatic heterocycles. The molecule has 0 saturated carbocycles. The van der Waals surface area contributed by atoms with E-state index in [4.69, 9.17) is 0 Å². The van der Waals surface area contributed by atoms with E-state index in [1.54, 1.807) is 9.80 Å². The van der Waals surface area contributed by atoms with Crippen molar-refractivity contribution in [2.75, 3.05) is 65.6 Å². The van der Waals surface area contributed by atoms with E-state index in [9.17, 15) is 30.6 Å². The molecule has 0 bridgehead atoms. The second kappa shape index (κ2) is 16.3. The highest BCUT2D eigenvalue weighted by Crippen LogP contribution is 2.34. The number of aromatic hydroxyl groups is 2. The maximum Gasteiger partial charge on any atom is 0.150 e. The average Bonchev–Trinajstić information content (AvgIpc) is 3.06. The molecular formula is C36H53N5O6. The Morgan fingerprint density at radius 1 is 0.660 bits per heavy atom. The molecule has 47 heavy (non-hydrogen) atoms. The van der Waals surface area contributed by atoms with E-state index in [1.807, 2.05) is 44.2 Å². The van der Waals surface area contributed by atoms with Crippen LogP contribution in [0.2, 0.25) is 0 Å². The molecule has 7 N–H and O–H groups in total. The first-order chi connectivity index (χ1) is 22.7. The summed E-state index contributed by atoms with van der Waals surface area (Å²) in [6.07, 6.45) is 5.52. The third-order valence-electron chi connectivity index (χ3n) is 9.54. The van der Waals surface area contributed by atoms with Crippen LogP contribution in [0.15, 0.2) is 35.7 Å². The van der Waals surface area contributed by atoms with Crippen molar-refractivity contribution in [3.8, 4) is 11.5 Å². The van der Waals surface area contributed by atoms with Gasteiger partial charge in [-0.05, 0) is 88.3 Å². The molecule has 0 amide bonds. The molecule has 3 fully saturated rings. The topological polar surface area (TPSA) is 146 Å². The standard InChI is InChI=1S/C36H53N5O6/c1-25-15-27(19-31-5-12-40(31)33(44)23-42)35(46)29(17-25)21-38-9-3-7-37-8-14-39(11-4-10-38)22-30-18-26(2)16-28(36(30)47)20-32-6-13-41(32)34(45)24-43/h15-20,33-34,37,42-47H,3-14,21-24H2,1-2H3. The molecule has 11 heteroatoms. The number of phenols is 2. The molecule has 2 aromatic carbocycles. The third kappa shape index (κ3) is 8.85. The number of rotatable bonds is 10. The summed E-state index contributed by atoms with van der Waals surface area (Å²) in [7, 11) is 0. The summed E-state index contributed by atoms with van der Waals surface area (Å²) in [6, 6.07) is 8.02. The van der Waals surface area contributed by atoms with E-state index in [2.05, 4.69) is 21.2 Å². The molecule has 0 radical (unpaired) electrons. The number of nitrogens with one attached hydrogen (secondary N) is 1.